The van der Waals surface area contributed by atoms with E-state index < -0.39 is 12.1 Å². The molecular weight excluding hydrogens is 366 g/mol. The van der Waals surface area contributed by atoms with Crippen LogP contribution in [0.5, 0.6) is 5.75 Å². The normalized spacial score (nSPS) is 11.4. The Labute approximate surface area is 170 Å². The van der Waals surface area contributed by atoms with Gasteiger partial charge in [0, 0.05) is 16.9 Å². The van der Waals surface area contributed by atoms with E-state index in [4.69, 9.17) is 9.47 Å². The van der Waals surface area contributed by atoms with Crippen molar-refractivity contribution in [1.82, 2.24) is 0 Å². The molecule has 0 saturated heterocycles. The Bertz CT molecular complexity index is 950. The number of rotatable bonds is 8. The fraction of sp³-hybridized carbons (Fsp3) is 0.167. The Kier molecular flexibility index (Phi) is 6.63. The van der Waals surface area contributed by atoms with Crippen LogP contribution in [0.15, 0.2) is 78.9 Å². The summed E-state index contributed by atoms with van der Waals surface area (Å²) in [5.41, 5.74) is 3.46. The van der Waals surface area contributed by atoms with Crippen molar-refractivity contribution in [2.45, 2.75) is 20.0 Å². The van der Waals surface area contributed by atoms with Crippen LogP contribution < -0.4 is 10.1 Å². The van der Waals surface area contributed by atoms with E-state index in [1.807, 2.05) is 61.5 Å². The highest BCUT2D eigenvalue weighted by atomic mass is 16.6. The van der Waals surface area contributed by atoms with Crippen LogP contribution in [0.3, 0.4) is 0 Å². The van der Waals surface area contributed by atoms with Gasteiger partial charge in [0.25, 0.3) is 0 Å². The highest BCUT2D eigenvalue weighted by molar-refractivity contribution is 6.00. The van der Waals surface area contributed by atoms with E-state index in [2.05, 4.69) is 5.32 Å². The lowest BCUT2D eigenvalue weighted by molar-refractivity contribution is -0.148. The fourth-order valence-corrected chi connectivity index (χ4v) is 2.70. The Morgan fingerprint density at radius 1 is 0.862 bits per heavy atom. The SMILES string of the molecule is Cc1ccc(C(=O)C(C)OC(=O)COc2ccc(Nc3ccccc3)cc2)cc1. The maximum atomic E-state index is 12.3. The molecule has 0 aliphatic rings. The van der Waals surface area contributed by atoms with Gasteiger partial charge in [-0.05, 0) is 50.2 Å². The number of hydrogen-bond acceptors (Lipinski definition) is 5. The monoisotopic (exact) mass is 389 g/mol. The zero-order valence-corrected chi connectivity index (χ0v) is 16.4. The highest BCUT2D eigenvalue weighted by Crippen LogP contribution is 2.20. The number of anilines is 2. The van der Waals surface area contributed by atoms with E-state index in [0.29, 0.717) is 11.3 Å². The van der Waals surface area contributed by atoms with Gasteiger partial charge < -0.3 is 14.8 Å². The van der Waals surface area contributed by atoms with Gasteiger partial charge in [-0.3, -0.25) is 4.79 Å². The van der Waals surface area contributed by atoms with Crippen molar-refractivity contribution in [3.05, 3.63) is 90.0 Å². The van der Waals surface area contributed by atoms with Gasteiger partial charge >= 0.3 is 5.97 Å². The van der Waals surface area contributed by atoms with Gasteiger partial charge in [-0.2, -0.15) is 0 Å². The van der Waals surface area contributed by atoms with Crippen molar-refractivity contribution >= 4 is 23.1 Å². The van der Waals surface area contributed by atoms with Crippen LogP contribution >= 0.6 is 0 Å². The Hall–Kier alpha value is -3.60. The summed E-state index contributed by atoms with van der Waals surface area (Å²) >= 11 is 0. The minimum atomic E-state index is -0.869. The molecule has 3 aromatic rings. The van der Waals surface area contributed by atoms with Gasteiger partial charge in [0.2, 0.25) is 5.78 Å². The second-order valence-corrected chi connectivity index (χ2v) is 6.67. The molecule has 1 atom stereocenters. The van der Waals surface area contributed by atoms with Gasteiger partial charge in [-0.1, -0.05) is 48.0 Å². The molecular formula is C24H23NO4. The second-order valence-electron chi connectivity index (χ2n) is 6.67. The van der Waals surface area contributed by atoms with Crippen molar-refractivity contribution < 1.29 is 19.1 Å². The molecule has 0 saturated carbocycles. The number of Topliss-reactive ketones (excluding diaryl/α,β-unsaturated/α-hetero) is 1. The lowest BCUT2D eigenvalue weighted by Crippen LogP contribution is -2.27. The second kappa shape index (κ2) is 9.55. The topological polar surface area (TPSA) is 64.6 Å². The van der Waals surface area contributed by atoms with E-state index >= 15 is 0 Å². The number of hydrogen-bond donors (Lipinski definition) is 1. The van der Waals surface area contributed by atoms with E-state index in [1.165, 1.54) is 0 Å². The average molecular weight is 389 g/mol. The molecule has 3 aromatic carbocycles. The third-order valence-corrected chi connectivity index (χ3v) is 4.29. The molecule has 1 unspecified atom stereocenters. The third kappa shape index (κ3) is 5.94. The predicted molar refractivity (Wildman–Crippen MR) is 113 cm³/mol. The van der Waals surface area contributed by atoms with Crippen molar-refractivity contribution in [1.29, 1.82) is 0 Å². The average Bonchev–Trinajstić information content (AvgIpc) is 2.74. The van der Waals surface area contributed by atoms with Crippen molar-refractivity contribution in [3.8, 4) is 5.75 Å². The molecule has 0 aliphatic heterocycles. The molecule has 0 radical (unpaired) electrons. The molecule has 0 amide bonds. The number of benzene rings is 3. The summed E-state index contributed by atoms with van der Waals surface area (Å²) in [4.78, 5) is 24.3. The summed E-state index contributed by atoms with van der Waals surface area (Å²) in [6.07, 6.45) is -0.869. The van der Waals surface area contributed by atoms with Crippen LogP contribution in [0.1, 0.15) is 22.8 Å². The van der Waals surface area contributed by atoms with Gasteiger partial charge in [0.1, 0.15) is 5.75 Å². The van der Waals surface area contributed by atoms with Crippen LogP contribution in [0.25, 0.3) is 0 Å². The number of carbonyl (C=O) groups is 2. The summed E-state index contributed by atoms with van der Waals surface area (Å²) in [5, 5.41) is 3.27. The Morgan fingerprint density at radius 2 is 1.48 bits per heavy atom. The highest BCUT2D eigenvalue weighted by Gasteiger charge is 2.19. The summed E-state index contributed by atoms with van der Waals surface area (Å²) in [7, 11) is 0. The number of esters is 1. The number of para-hydroxylation sites is 1. The van der Waals surface area contributed by atoms with Crippen LogP contribution in [-0.4, -0.2) is 24.5 Å². The van der Waals surface area contributed by atoms with E-state index in [9.17, 15) is 9.59 Å². The molecule has 0 spiro atoms. The van der Waals surface area contributed by atoms with Gasteiger partial charge in [0.15, 0.2) is 12.7 Å². The van der Waals surface area contributed by atoms with Crippen LogP contribution in [-0.2, 0) is 9.53 Å². The molecule has 0 heterocycles. The molecule has 29 heavy (non-hydrogen) atoms. The molecule has 0 bridgehead atoms. The minimum Gasteiger partial charge on any atom is -0.482 e. The fourth-order valence-electron chi connectivity index (χ4n) is 2.70. The zero-order valence-electron chi connectivity index (χ0n) is 16.4. The van der Waals surface area contributed by atoms with E-state index in [0.717, 1.165) is 16.9 Å². The van der Waals surface area contributed by atoms with Crippen molar-refractivity contribution in [3.63, 3.8) is 0 Å². The van der Waals surface area contributed by atoms with Gasteiger partial charge in [-0.15, -0.1) is 0 Å². The number of carbonyl (C=O) groups excluding carboxylic acids is 2. The lowest BCUT2D eigenvalue weighted by atomic mass is 10.1. The van der Waals surface area contributed by atoms with Crippen LogP contribution in [0.4, 0.5) is 11.4 Å². The quantitative estimate of drug-likeness (QED) is 0.437. The molecule has 148 valence electrons. The molecule has 3 rings (SSSR count). The molecule has 1 N–H and O–H groups in total. The number of ether oxygens (including phenoxy) is 2. The molecule has 0 fully saturated rings. The molecule has 0 aliphatic carbocycles. The van der Waals surface area contributed by atoms with Crippen LogP contribution in [0.2, 0.25) is 0 Å². The first-order valence-electron chi connectivity index (χ1n) is 9.36. The number of aryl methyl sites for hydroxylation is 1. The molecule has 0 aromatic heterocycles. The first-order chi connectivity index (χ1) is 14.0. The first-order valence-corrected chi connectivity index (χ1v) is 9.36. The van der Waals surface area contributed by atoms with Gasteiger partial charge in [0.05, 0.1) is 0 Å². The van der Waals surface area contributed by atoms with Crippen molar-refractivity contribution in [2.24, 2.45) is 0 Å². The summed E-state index contributed by atoms with van der Waals surface area (Å²) < 4.78 is 10.7. The standard InChI is InChI=1S/C24H23NO4/c1-17-8-10-19(11-9-17)24(27)18(2)29-23(26)16-28-22-14-12-21(13-15-22)25-20-6-4-3-5-7-20/h3-15,18,25H,16H2,1-2H3. The number of nitrogens with one attached hydrogen (secondary N) is 1. The third-order valence-electron chi connectivity index (χ3n) is 4.29. The van der Waals surface area contributed by atoms with Gasteiger partial charge in [-0.25, -0.2) is 4.79 Å². The van der Waals surface area contributed by atoms with E-state index in [1.54, 1.807) is 31.2 Å². The van der Waals surface area contributed by atoms with Crippen molar-refractivity contribution in [2.75, 3.05) is 11.9 Å². The lowest BCUT2D eigenvalue weighted by Gasteiger charge is -2.13. The summed E-state index contributed by atoms with van der Waals surface area (Å²) in [6.45, 7) is 3.24. The maximum absolute atomic E-state index is 12.3. The predicted octanol–water partition coefficient (Wildman–Crippen LogP) is 4.93. The smallest absolute Gasteiger partial charge is 0.344 e. The van der Waals surface area contributed by atoms with Crippen LogP contribution in [0, 0.1) is 6.92 Å². The Balaban J connectivity index is 1.47. The van der Waals surface area contributed by atoms with E-state index in [-0.39, 0.29) is 12.4 Å². The largest absolute Gasteiger partial charge is 0.482 e. The summed E-state index contributed by atoms with van der Waals surface area (Å²) in [5.74, 6) is -0.294. The maximum Gasteiger partial charge on any atom is 0.344 e. The minimum absolute atomic E-state index is 0.241. The summed E-state index contributed by atoms with van der Waals surface area (Å²) in [6, 6.07) is 24.2. The Morgan fingerprint density at radius 3 is 2.14 bits per heavy atom. The first kappa shape index (κ1) is 20.1. The molecule has 5 heteroatoms. The zero-order chi connectivity index (χ0) is 20.6. The number of ketones is 1. The molecule has 5 nitrogen and oxygen atoms in total.